The fourth-order valence-electron chi connectivity index (χ4n) is 5.91. The van der Waals surface area contributed by atoms with Crippen molar-refractivity contribution >= 4 is 5.69 Å². The molecule has 1 aromatic carbocycles. The Kier molecular flexibility index (Phi) is 12.1. The number of nitrogens with zero attached hydrogens (tertiary/aromatic N) is 6. The number of halogens is 6. The Morgan fingerprint density at radius 1 is 1.05 bits per heavy atom. The minimum Gasteiger partial charge on any atom is -0.371 e. The van der Waals surface area contributed by atoms with Crippen LogP contribution in [0.3, 0.4) is 0 Å². The number of allylic oxidation sites excluding steroid dienone is 5. The fourth-order valence-corrected chi connectivity index (χ4v) is 5.91. The second-order valence-electron chi connectivity index (χ2n) is 12.1. The summed E-state index contributed by atoms with van der Waals surface area (Å²) in [6.07, 6.45) is 2.26. The predicted octanol–water partition coefficient (Wildman–Crippen LogP) is 8.64. The monoisotopic (exact) mass is 628 g/mol. The van der Waals surface area contributed by atoms with Gasteiger partial charge >= 0.3 is 12.4 Å². The summed E-state index contributed by atoms with van der Waals surface area (Å²) in [5.74, 6) is 0.484. The normalized spacial score (nSPS) is 20.4. The summed E-state index contributed by atoms with van der Waals surface area (Å²) >= 11 is 0. The largest absolute Gasteiger partial charge is 0.416 e. The number of hydrogen-bond acceptors (Lipinski definition) is 6. The van der Waals surface area contributed by atoms with Gasteiger partial charge < -0.3 is 4.90 Å². The fraction of sp³-hybridized carbons (Fsp3) is 0.625. The molecule has 0 saturated heterocycles. The topological polar surface area (TPSA) is 37.7 Å². The van der Waals surface area contributed by atoms with Crippen molar-refractivity contribution in [3.8, 4) is 0 Å². The number of fused-ring (bicyclic) bond motifs is 1. The summed E-state index contributed by atoms with van der Waals surface area (Å²) in [4.78, 5) is 4.07. The molecule has 1 aliphatic carbocycles. The Bertz CT molecular complexity index is 1250. The maximum absolute atomic E-state index is 13.5. The van der Waals surface area contributed by atoms with E-state index in [9.17, 15) is 26.3 Å². The smallest absolute Gasteiger partial charge is 0.371 e. The minimum atomic E-state index is -4.33. The highest BCUT2D eigenvalue weighted by molar-refractivity contribution is 5.65. The molecule has 2 unspecified atom stereocenters. The number of aryl methyl sites for hydroxylation is 2. The van der Waals surface area contributed by atoms with E-state index in [4.69, 9.17) is 0 Å². The van der Waals surface area contributed by atoms with Gasteiger partial charge in [0.05, 0.1) is 11.1 Å². The third kappa shape index (κ3) is 9.09. The number of rotatable bonds is 6. The summed E-state index contributed by atoms with van der Waals surface area (Å²) in [5.41, 5.74) is 2.34. The first-order valence-electron chi connectivity index (χ1n) is 15.2. The number of hydrogen-bond donors (Lipinski definition) is 0. The van der Waals surface area contributed by atoms with Crippen molar-refractivity contribution in [1.82, 2.24) is 15.0 Å². The van der Waals surface area contributed by atoms with E-state index in [0.717, 1.165) is 62.5 Å². The van der Waals surface area contributed by atoms with E-state index >= 15 is 0 Å². The van der Waals surface area contributed by atoms with Crippen molar-refractivity contribution in [3.05, 3.63) is 63.8 Å². The van der Waals surface area contributed by atoms with Crippen molar-refractivity contribution in [1.29, 1.82) is 0 Å². The summed E-state index contributed by atoms with van der Waals surface area (Å²) in [6, 6.07) is 1.78. The Balaban J connectivity index is 0.000000241. The molecule has 0 spiro atoms. The van der Waals surface area contributed by atoms with Crippen LogP contribution in [0.5, 0.6) is 0 Å². The number of anilines is 1. The second-order valence-corrected chi connectivity index (χ2v) is 12.1. The number of likely N-dealkylation sites (N-methyl/N-ethyl adjacent to an activating group) is 1. The van der Waals surface area contributed by atoms with Crippen LogP contribution < -0.4 is 4.90 Å². The standard InChI is InChI=1S/C19H28F3N.C13H18F3N5/c1-5-13(2)12-23-10-8-6-7-9-16-11-14(3)17(19(20,21)22)15(4)18(16)23;1-19(12-17-18-21(3)20(12)2)9-10-6-4-5-7-11(8-10)13(14,15)16/h11,13H,5-10,12H2,1-4H3;4-5,7-8,12H,6,9H2,1-3H3. The van der Waals surface area contributed by atoms with Crippen molar-refractivity contribution in [2.75, 3.05) is 45.7 Å². The van der Waals surface area contributed by atoms with Crippen LogP contribution in [-0.2, 0) is 12.6 Å². The third-order valence-corrected chi connectivity index (χ3v) is 8.42. The van der Waals surface area contributed by atoms with Gasteiger partial charge in [0.25, 0.3) is 0 Å². The van der Waals surface area contributed by atoms with Crippen LogP contribution in [0.1, 0.15) is 68.2 Å². The van der Waals surface area contributed by atoms with Crippen LogP contribution >= 0.6 is 0 Å². The van der Waals surface area contributed by atoms with Crippen molar-refractivity contribution < 1.29 is 26.3 Å². The van der Waals surface area contributed by atoms with Crippen molar-refractivity contribution in [2.45, 2.75) is 84.9 Å². The molecule has 246 valence electrons. The zero-order valence-electron chi connectivity index (χ0n) is 26.9. The summed E-state index contributed by atoms with van der Waals surface area (Å²) < 4.78 is 79.0. The van der Waals surface area contributed by atoms with Gasteiger partial charge in [-0.05, 0) is 75.3 Å². The van der Waals surface area contributed by atoms with Gasteiger partial charge in [-0.25, -0.2) is 5.12 Å². The van der Waals surface area contributed by atoms with E-state index < -0.39 is 23.5 Å². The molecule has 0 radical (unpaired) electrons. The Morgan fingerprint density at radius 2 is 1.75 bits per heavy atom. The van der Waals surface area contributed by atoms with E-state index in [1.54, 1.807) is 43.2 Å². The van der Waals surface area contributed by atoms with E-state index in [1.165, 1.54) is 12.2 Å². The lowest BCUT2D eigenvalue weighted by Crippen LogP contribution is -2.45. The van der Waals surface area contributed by atoms with E-state index in [0.29, 0.717) is 35.6 Å². The average Bonchev–Trinajstić information content (AvgIpc) is 3.08. The summed E-state index contributed by atoms with van der Waals surface area (Å²) in [6.45, 7) is 9.64. The lowest BCUT2D eigenvalue weighted by molar-refractivity contribution is -0.138. The van der Waals surface area contributed by atoms with Gasteiger partial charge in [0.1, 0.15) is 0 Å². The highest BCUT2D eigenvalue weighted by atomic mass is 19.4. The third-order valence-electron chi connectivity index (χ3n) is 8.42. The van der Waals surface area contributed by atoms with E-state index in [2.05, 4.69) is 29.1 Å². The van der Waals surface area contributed by atoms with Crippen LogP contribution in [0.2, 0.25) is 0 Å². The minimum absolute atomic E-state index is 0.304. The molecule has 2 aliphatic heterocycles. The lowest BCUT2D eigenvalue weighted by atomic mass is 9.91. The summed E-state index contributed by atoms with van der Waals surface area (Å²) in [7, 11) is 5.39. The molecule has 0 aromatic heterocycles. The quantitative estimate of drug-likeness (QED) is 0.296. The highest BCUT2D eigenvalue weighted by Crippen LogP contribution is 2.41. The highest BCUT2D eigenvalue weighted by Gasteiger charge is 2.37. The average molecular weight is 629 g/mol. The molecule has 4 rings (SSSR count). The van der Waals surface area contributed by atoms with Gasteiger partial charge in [-0.3, -0.25) is 4.90 Å². The van der Waals surface area contributed by atoms with Crippen molar-refractivity contribution in [2.24, 2.45) is 16.3 Å². The van der Waals surface area contributed by atoms with Crippen LogP contribution in [-0.4, -0.2) is 68.3 Å². The maximum atomic E-state index is 13.5. The molecule has 6 nitrogen and oxygen atoms in total. The van der Waals surface area contributed by atoms with Crippen LogP contribution in [0.4, 0.5) is 32.0 Å². The molecule has 0 saturated carbocycles. The molecular weight excluding hydrogens is 582 g/mol. The first kappa shape index (κ1) is 35.6. The maximum Gasteiger partial charge on any atom is 0.416 e. The Morgan fingerprint density at radius 3 is 2.34 bits per heavy atom. The molecule has 2 heterocycles. The lowest BCUT2D eigenvalue weighted by Gasteiger charge is -2.34. The van der Waals surface area contributed by atoms with Crippen molar-refractivity contribution in [3.63, 3.8) is 0 Å². The molecule has 2 atom stereocenters. The first-order chi connectivity index (χ1) is 20.5. The number of hydrazine groups is 1. The van der Waals surface area contributed by atoms with Gasteiger partial charge in [0.2, 0.25) is 0 Å². The molecule has 44 heavy (non-hydrogen) atoms. The molecule has 12 heteroatoms. The van der Waals surface area contributed by atoms with Gasteiger partial charge in [-0.1, -0.05) is 61.8 Å². The molecular formula is C32H46F6N6. The zero-order chi connectivity index (χ0) is 32.8. The molecule has 0 N–H and O–H groups in total. The molecule has 0 amide bonds. The number of benzene rings is 1. The molecule has 1 aromatic rings. The van der Waals surface area contributed by atoms with E-state index in [-0.39, 0.29) is 6.29 Å². The van der Waals surface area contributed by atoms with Crippen LogP contribution in [0.25, 0.3) is 0 Å². The predicted molar refractivity (Wildman–Crippen MR) is 163 cm³/mol. The van der Waals surface area contributed by atoms with Gasteiger partial charge in [-0.15, -0.1) is 5.11 Å². The van der Waals surface area contributed by atoms with Gasteiger partial charge in [-0.2, -0.15) is 31.4 Å². The van der Waals surface area contributed by atoms with E-state index in [1.807, 2.05) is 19.0 Å². The first-order valence-corrected chi connectivity index (χ1v) is 15.2. The van der Waals surface area contributed by atoms with Crippen LogP contribution in [0, 0.1) is 19.8 Å². The van der Waals surface area contributed by atoms with Gasteiger partial charge in [0.15, 0.2) is 6.29 Å². The number of alkyl halides is 6. The molecule has 3 aliphatic rings. The second kappa shape index (κ2) is 14.9. The van der Waals surface area contributed by atoms with Crippen LogP contribution in [0.15, 0.2) is 51.9 Å². The Labute approximate surface area is 257 Å². The zero-order valence-corrected chi connectivity index (χ0v) is 26.9. The SMILES string of the molecule is CCC(C)CN1CCCCCc2cc(C)c(C(F)(F)F)c(C)c21.CN(CC1=CC(C(F)(F)F)=CC=CC1)C1N=NN(C)N1C. The molecule has 0 bridgehead atoms. The summed E-state index contributed by atoms with van der Waals surface area (Å²) in [5, 5.41) is 11.4. The molecule has 0 fully saturated rings. The Hall–Kier alpha value is -2.86. The van der Waals surface area contributed by atoms with Gasteiger partial charge in [0, 0.05) is 39.4 Å².